The molecule has 168 valence electrons. The average molecular weight is 455 g/mol. The molecule has 0 aliphatic heterocycles. The van der Waals surface area contributed by atoms with Crippen molar-refractivity contribution in [2.24, 2.45) is 0 Å². The monoisotopic (exact) mass is 454 g/mol. The maximum Gasteiger partial charge on any atom is 0.251 e. The first-order valence-corrected chi connectivity index (χ1v) is 12.1. The highest BCUT2D eigenvalue weighted by atomic mass is 32.2. The van der Waals surface area contributed by atoms with Gasteiger partial charge in [0.2, 0.25) is 10.0 Å². The van der Waals surface area contributed by atoms with Crippen LogP contribution >= 0.6 is 0 Å². The van der Waals surface area contributed by atoms with E-state index in [0.717, 1.165) is 11.8 Å². The zero-order valence-corrected chi connectivity index (χ0v) is 19.2. The Kier molecular flexibility index (Phi) is 6.99. The summed E-state index contributed by atoms with van der Waals surface area (Å²) in [7, 11) is -3.58. The Hall–Kier alpha value is -3.19. The molecule has 32 heavy (non-hydrogen) atoms. The summed E-state index contributed by atoms with van der Waals surface area (Å²) >= 11 is 0. The molecule has 0 heterocycles. The number of hydrogen-bond donors (Lipinski definition) is 1. The highest BCUT2D eigenvalue weighted by Crippen LogP contribution is 2.22. The maximum atomic E-state index is 13.2. The van der Waals surface area contributed by atoms with E-state index in [0.29, 0.717) is 23.2 Å². The molecular weight excluding hydrogens is 427 g/mol. The fraction of sp³-hybridized carbons (Fsp3) is 0.240. The lowest BCUT2D eigenvalue weighted by Gasteiger charge is -2.27. The first-order valence-electron chi connectivity index (χ1n) is 10.2. The van der Waals surface area contributed by atoms with Gasteiger partial charge in [0.1, 0.15) is 5.82 Å². The van der Waals surface area contributed by atoms with Gasteiger partial charge in [-0.2, -0.15) is 0 Å². The van der Waals surface area contributed by atoms with Crippen LogP contribution in [-0.4, -0.2) is 26.1 Å². The Morgan fingerprint density at radius 1 is 0.906 bits per heavy atom. The van der Waals surface area contributed by atoms with Gasteiger partial charge >= 0.3 is 0 Å². The molecule has 0 bridgehead atoms. The number of carbonyl (C=O) groups is 1. The van der Waals surface area contributed by atoms with E-state index in [1.165, 1.54) is 16.4 Å². The van der Waals surface area contributed by atoms with Crippen LogP contribution in [0.4, 0.5) is 10.1 Å². The van der Waals surface area contributed by atoms with Gasteiger partial charge in [0, 0.05) is 11.1 Å². The van der Waals surface area contributed by atoms with Crippen molar-refractivity contribution < 1.29 is 17.6 Å². The normalized spacial score (nSPS) is 11.8. The van der Waals surface area contributed by atoms with Gasteiger partial charge in [-0.1, -0.05) is 42.5 Å². The van der Waals surface area contributed by atoms with Crippen molar-refractivity contribution in [2.45, 2.75) is 32.4 Å². The summed E-state index contributed by atoms with van der Waals surface area (Å²) in [5.41, 5.74) is 2.18. The zero-order valence-electron chi connectivity index (χ0n) is 18.4. The molecule has 1 N–H and O–H groups in total. The van der Waals surface area contributed by atoms with Gasteiger partial charge in [0.05, 0.1) is 18.5 Å². The van der Waals surface area contributed by atoms with Crippen LogP contribution in [0.5, 0.6) is 0 Å². The molecule has 0 unspecified atom stereocenters. The number of amides is 1. The van der Waals surface area contributed by atoms with Gasteiger partial charge in [0.25, 0.3) is 5.91 Å². The highest BCUT2D eigenvalue weighted by Gasteiger charge is 2.23. The molecule has 0 saturated carbocycles. The molecule has 0 aliphatic rings. The minimum atomic E-state index is -3.58. The third-order valence-corrected chi connectivity index (χ3v) is 6.14. The maximum absolute atomic E-state index is 13.2. The van der Waals surface area contributed by atoms with E-state index in [4.69, 9.17) is 0 Å². The molecule has 0 spiro atoms. The van der Waals surface area contributed by atoms with Crippen LogP contribution in [0.15, 0.2) is 78.9 Å². The molecule has 0 saturated heterocycles. The van der Waals surface area contributed by atoms with Gasteiger partial charge in [-0.3, -0.25) is 9.10 Å². The van der Waals surface area contributed by atoms with E-state index in [9.17, 15) is 17.6 Å². The standard InChI is InChI=1S/C25H27FN2O3S/c1-25(2,17-19-7-5-4-6-8-19)27-24(29)21-11-15-23(16-12-21)28(32(3,30)31)18-20-9-13-22(26)14-10-20/h4-16H,17-18H2,1-3H3,(H,27,29). The minimum Gasteiger partial charge on any atom is -0.347 e. The van der Waals surface area contributed by atoms with Gasteiger partial charge in [-0.15, -0.1) is 0 Å². The lowest BCUT2D eigenvalue weighted by Crippen LogP contribution is -2.45. The molecule has 3 aromatic carbocycles. The molecular formula is C25H27FN2O3S. The number of halogens is 1. The van der Waals surface area contributed by atoms with Gasteiger partial charge in [0.15, 0.2) is 0 Å². The number of nitrogens with one attached hydrogen (secondary N) is 1. The van der Waals surface area contributed by atoms with Crippen LogP contribution in [0.2, 0.25) is 0 Å². The van der Waals surface area contributed by atoms with Crippen molar-refractivity contribution in [1.29, 1.82) is 0 Å². The van der Waals surface area contributed by atoms with Crippen LogP contribution in [0.25, 0.3) is 0 Å². The average Bonchev–Trinajstić information content (AvgIpc) is 2.72. The second-order valence-corrected chi connectivity index (χ2v) is 10.4. The van der Waals surface area contributed by atoms with Crippen molar-refractivity contribution in [3.05, 3.63) is 101 Å². The summed E-state index contributed by atoms with van der Waals surface area (Å²) in [6.45, 7) is 3.98. The van der Waals surface area contributed by atoms with Crippen LogP contribution in [0.1, 0.15) is 35.3 Å². The van der Waals surface area contributed by atoms with Gasteiger partial charge in [-0.05, 0) is 67.8 Å². The Morgan fingerprint density at radius 2 is 1.50 bits per heavy atom. The molecule has 1 amide bonds. The molecule has 0 atom stereocenters. The number of rotatable bonds is 8. The Bertz CT molecular complexity index is 1160. The number of sulfonamides is 1. The highest BCUT2D eigenvalue weighted by molar-refractivity contribution is 7.92. The fourth-order valence-corrected chi connectivity index (χ4v) is 4.35. The zero-order chi connectivity index (χ0) is 23.4. The van der Waals surface area contributed by atoms with Crippen molar-refractivity contribution >= 4 is 21.6 Å². The number of anilines is 1. The molecule has 0 aliphatic carbocycles. The van der Waals surface area contributed by atoms with Gasteiger partial charge < -0.3 is 5.32 Å². The summed E-state index contributed by atoms with van der Waals surface area (Å²) in [6, 6.07) is 22.0. The van der Waals surface area contributed by atoms with E-state index < -0.39 is 15.6 Å². The summed E-state index contributed by atoms with van der Waals surface area (Å²) in [5.74, 6) is -0.618. The van der Waals surface area contributed by atoms with Crippen molar-refractivity contribution in [2.75, 3.05) is 10.6 Å². The molecule has 0 aromatic heterocycles. The third kappa shape index (κ3) is 6.40. The topological polar surface area (TPSA) is 66.5 Å². The van der Waals surface area contributed by atoms with E-state index in [2.05, 4.69) is 5.32 Å². The quantitative estimate of drug-likeness (QED) is 0.543. The first kappa shape index (κ1) is 23.5. The predicted octanol–water partition coefficient (Wildman–Crippen LogP) is 4.54. The second kappa shape index (κ2) is 9.53. The van der Waals surface area contributed by atoms with Crippen molar-refractivity contribution in [1.82, 2.24) is 5.32 Å². The molecule has 3 aromatic rings. The Labute approximate surface area is 188 Å². The minimum absolute atomic E-state index is 0.0642. The van der Waals surface area contributed by atoms with Crippen LogP contribution < -0.4 is 9.62 Å². The van der Waals surface area contributed by atoms with E-state index in [-0.39, 0.29) is 18.3 Å². The van der Waals surface area contributed by atoms with Crippen molar-refractivity contribution in [3.8, 4) is 0 Å². The Balaban J connectivity index is 1.74. The molecule has 5 nitrogen and oxygen atoms in total. The summed E-state index contributed by atoms with van der Waals surface area (Å²) in [6.07, 6.45) is 1.79. The summed E-state index contributed by atoms with van der Waals surface area (Å²) < 4.78 is 39.1. The SMILES string of the molecule is CC(C)(Cc1ccccc1)NC(=O)c1ccc(N(Cc2ccc(F)cc2)S(C)(=O)=O)cc1. The molecule has 3 rings (SSSR count). The number of benzene rings is 3. The molecule has 7 heteroatoms. The first-order chi connectivity index (χ1) is 15.0. The van der Waals surface area contributed by atoms with E-state index >= 15 is 0 Å². The van der Waals surface area contributed by atoms with E-state index in [1.807, 2.05) is 44.2 Å². The molecule has 0 fully saturated rings. The van der Waals surface area contributed by atoms with Crippen LogP contribution in [-0.2, 0) is 23.0 Å². The second-order valence-electron chi connectivity index (χ2n) is 8.44. The number of hydrogen-bond acceptors (Lipinski definition) is 3. The Morgan fingerprint density at radius 3 is 2.06 bits per heavy atom. The summed E-state index contributed by atoms with van der Waals surface area (Å²) in [4.78, 5) is 12.8. The van der Waals surface area contributed by atoms with Crippen molar-refractivity contribution in [3.63, 3.8) is 0 Å². The number of nitrogens with zero attached hydrogens (tertiary/aromatic N) is 1. The van der Waals surface area contributed by atoms with Crippen LogP contribution in [0.3, 0.4) is 0 Å². The largest absolute Gasteiger partial charge is 0.347 e. The van der Waals surface area contributed by atoms with Gasteiger partial charge in [-0.25, -0.2) is 12.8 Å². The molecule has 0 radical (unpaired) electrons. The number of carbonyl (C=O) groups excluding carboxylic acids is 1. The third-order valence-electron chi connectivity index (χ3n) is 5.00. The summed E-state index contributed by atoms with van der Waals surface area (Å²) in [5, 5.41) is 3.04. The fourth-order valence-electron chi connectivity index (χ4n) is 3.46. The lowest BCUT2D eigenvalue weighted by molar-refractivity contribution is 0.0913. The predicted molar refractivity (Wildman–Crippen MR) is 126 cm³/mol. The lowest BCUT2D eigenvalue weighted by atomic mass is 9.94. The van der Waals surface area contributed by atoms with Crippen LogP contribution in [0, 0.1) is 5.82 Å². The smallest absolute Gasteiger partial charge is 0.251 e. The van der Waals surface area contributed by atoms with E-state index in [1.54, 1.807) is 36.4 Å².